The molecule has 1 N–H and O–H groups in total. The summed E-state index contributed by atoms with van der Waals surface area (Å²) in [5.41, 5.74) is 0. The second-order valence-electron chi connectivity index (χ2n) is 5.35. The molecule has 0 spiro atoms. The number of benzene rings is 2. The first-order valence-electron chi connectivity index (χ1n) is 7.74. The summed E-state index contributed by atoms with van der Waals surface area (Å²) >= 11 is 7.48. The summed E-state index contributed by atoms with van der Waals surface area (Å²) in [6, 6.07) is 15.2. The van der Waals surface area contributed by atoms with Gasteiger partial charge in [-0.15, -0.1) is 11.8 Å². The molecule has 0 fully saturated rings. The first-order valence-corrected chi connectivity index (χ1v) is 9.10. The van der Waals surface area contributed by atoms with Crippen LogP contribution in [0, 0.1) is 0 Å². The van der Waals surface area contributed by atoms with Gasteiger partial charge < -0.3 is 14.8 Å². The summed E-state index contributed by atoms with van der Waals surface area (Å²) in [4.78, 5) is 13.0. The van der Waals surface area contributed by atoms with Crippen molar-refractivity contribution >= 4 is 29.3 Å². The van der Waals surface area contributed by atoms with Gasteiger partial charge >= 0.3 is 0 Å². The van der Waals surface area contributed by atoms with Gasteiger partial charge in [-0.25, -0.2) is 0 Å². The Morgan fingerprint density at radius 3 is 2.71 bits per heavy atom. The molecule has 1 aliphatic heterocycles. The van der Waals surface area contributed by atoms with E-state index in [2.05, 4.69) is 5.32 Å². The molecule has 1 amide bonds. The quantitative estimate of drug-likeness (QED) is 0.793. The number of fused-ring (bicyclic) bond motifs is 1. The number of carbonyl (C=O) groups excluding carboxylic acids is 1. The summed E-state index contributed by atoms with van der Waals surface area (Å²) in [7, 11) is 0. The predicted molar refractivity (Wildman–Crippen MR) is 96.2 cm³/mol. The SMILES string of the molecule is O=C(CCSc1ccc(Cl)cc1)NC[C@H]1COc2ccccc2O1. The van der Waals surface area contributed by atoms with Gasteiger partial charge in [-0.2, -0.15) is 0 Å². The van der Waals surface area contributed by atoms with Crippen LogP contribution in [-0.4, -0.2) is 30.9 Å². The minimum Gasteiger partial charge on any atom is -0.486 e. The molecule has 0 bridgehead atoms. The van der Waals surface area contributed by atoms with Crippen LogP contribution >= 0.6 is 23.4 Å². The Morgan fingerprint density at radius 2 is 1.92 bits per heavy atom. The van der Waals surface area contributed by atoms with E-state index in [0.717, 1.165) is 22.1 Å². The highest BCUT2D eigenvalue weighted by molar-refractivity contribution is 7.99. The van der Waals surface area contributed by atoms with Gasteiger partial charge in [0.15, 0.2) is 11.5 Å². The third-order valence-electron chi connectivity index (χ3n) is 3.51. The summed E-state index contributed by atoms with van der Waals surface area (Å²) < 4.78 is 11.4. The number of nitrogens with one attached hydrogen (secondary N) is 1. The molecule has 0 radical (unpaired) electrons. The maximum atomic E-state index is 11.9. The van der Waals surface area contributed by atoms with Crippen molar-refractivity contribution in [1.82, 2.24) is 5.32 Å². The van der Waals surface area contributed by atoms with Crippen molar-refractivity contribution < 1.29 is 14.3 Å². The van der Waals surface area contributed by atoms with Gasteiger partial charge in [0, 0.05) is 22.1 Å². The van der Waals surface area contributed by atoms with Crippen LogP contribution in [0.5, 0.6) is 11.5 Å². The number of carbonyl (C=O) groups is 1. The largest absolute Gasteiger partial charge is 0.486 e. The van der Waals surface area contributed by atoms with Crippen molar-refractivity contribution in [3.8, 4) is 11.5 Å². The van der Waals surface area contributed by atoms with Crippen LogP contribution in [0.25, 0.3) is 0 Å². The molecular weight excluding hydrogens is 346 g/mol. The molecule has 2 aromatic rings. The third kappa shape index (κ3) is 4.82. The van der Waals surface area contributed by atoms with Gasteiger partial charge in [0.05, 0.1) is 6.54 Å². The Labute approximate surface area is 150 Å². The van der Waals surface area contributed by atoms with Crippen LogP contribution in [0.15, 0.2) is 53.4 Å². The zero-order chi connectivity index (χ0) is 16.8. The fourth-order valence-corrected chi connectivity index (χ4v) is 3.25. The van der Waals surface area contributed by atoms with Gasteiger partial charge in [-0.1, -0.05) is 23.7 Å². The second-order valence-corrected chi connectivity index (χ2v) is 6.96. The maximum absolute atomic E-state index is 11.9. The number of halogens is 1. The predicted octanol–water partition coefficient (Wildman–Crippen LogP) is 3.78. The highest BCUT2D eigenvalue weighted by Gasteiger charge is 2.20. The Bertz CT molecular complexity index is 693. The molecule has 2 aromatic carbocycles. The monoisotopic (exact) mass is 363 g/mol. The number of hydrogen-bond donors (Lipinski definition) is 1. The smallest absolute Gasteiger partial charge is 0.220 e. The van der Waals surface area contributed by atoms with E-state index in [1.54, 1.807) is 11.8 Å². The van der Waals surface area contributed by atoms with Crippen LogP contribution in [0.2, 0.25) is 5.02 Å². The Hall–Kier alpha value is -1.85. The molecule has 126 valence electrons. The summed E-state index contributed by atoms with van der Waals surface area (Å²) in [6.45, 7) is 0.885. The van der Waals surface area contributed by atoms with E-state index < -0.39 is 0 Å². The van der Waals surface area contributed by atoms with Crippen LogP contribution in [0.4, 0.5) is 0 Å². The molecule has 0 aliphatic carbocycles. The van der Waals surface area contributed by atoms with Crippen molar-refractivity contribution in [1.29, 1.82) is 0 Å². The Kier molecular flexibility index (Phi) is 5.88. The Balaban J connectivity index is 1.36. The molecule has 3 rings (SSSR count). The van der Waals surface area contributed by atoms with E-state index >= 15 is 0 Å². The minimum absolute atomic E-state index is 0.0129. The van der Waals surface area contributed by atoms with E-state index in [4.69, 9.17) is 21.1 Å². The third-order valence-corrected chi connectivity index (χ3v) is 4.77. The van der Waals surface area contributed by atoms with Gasteiger partial charge in [-0.05, 0) is 36.4 Å². The normalized spacial score (nSPS) is 15.8. The molecule has 4 nitrogen and oxygen atoms in total. The van der Waals surface area contributed by atoms with Crippen molar-refractivity contribution in [2.24, 2.45) is 0 Å². The number of amides is 1. The molecule has 0 saturated heterocycles. The van der Waals surface area contributed by atoms with E-state index in [-0.39, 0.29) is 12.0 Å². The number of rotatable bonds is 6. The highest BCUT2D eigenvalue weighted by Crippen LogP contribution is 2.30. The van der Waals surface area contributed by atoms with Crippen molar-refractivity contribution in [3.63, 3.8) is 0 Å². The lowest BCUT2D eigenvalue weighted by Crippen LogP contribution is -2.40. The van der Waals surface area contributed by atoms with Crippen LogP contribution < -0.4 is 14.8 Å². The van der Waals surface area contributed by atoms with E-state index in [1.807, 2.05) is 48.5 Å². The molecule has 6 heteroatoms. The topological polar surface area (TPSA) is 47.6 Å². The first kappa shape index (κ1) is 17.0. The fraction of sp³-hybridized carbons (Fsp3) is 0.278. The number of ether oxygens (including phenoxy) is 2. The van der Waals surface area contributed by atoms with Gasteiger partial charge in [0.1, 0.15) is 12.7 Å². The number of para-hydroxylation sites is 2. The summed E-state index contributed by atoms with van der Waals surface area (Å²) in [5.74, 6) is 2.21. The number of thioether (sulfide) groups is 1. The molecule has 1 aliphatic rings. The highest BCUT2D eigenvalue weighted by atomic mass is 35.5. The van der Waals surface area contributed by atoms with E-state index in [1.165, 1.54) is 0 Å². The first-order chi connectivity index (χ1) is 11.7. The van der Waals surface area contributed by atoms with Gasteiger partial charge in [-0.3, -0.25) is 4.79 Å². The summed E-state index contributed by atoms with van der Waals surface area (Å²) in [5, 5.41) is 3.62. The molecular formula is C18H18ClNO3S. The van der Waals surface area contributed by atoms with E-state index in [0.29, 0.717) is 24.6 Å². The lowest BCUT2D eigenvalue weighted by atomic mass is 10.2. The van der Waals surface area contributed by atoms with Gasteiger partial charge in [0.25, 0.3) is 0 Å². The Morgan fingerprint density at radius 1 is 1.17 bits per heavy atom. The van der Waals surface area contributed by atoms with Crippen LogP contribution in [-0.2, 0) is 4.79 Å². The molecule has 1 atom stereocenters. The van der Waals surface area contributed by atoms with Gasteiger partial charge in [0.2, 0.25) is 5.91 Å². The van der Waals surface area contributed by atoms with Crippen LogP contribution in [0.1, 0.15) is 6.42 Å². The lowest BCUT2D eigenvalue weighted by molar-refractivity contribution is -0.121. The van der Waals surface area contributed by atoms with Crippen molar-refractivity contribution in [2.75, 3.05) is 18.9 Å². The lowest BCUT2D eigenvalue weighted by Gasteiger charge is -2.26. The number of hydrogen-bond acceptors (Lipinski definition) is 4. The summed E-state index contributed by atoms with van der Waals surface area (Å²) in [6.07, 6.45) is 0.296. The molecule has 0 unspecified atom stereocenters. The molecule has 24 heavy (non-hydrogen) atoms. The molecule has 0 aromatic heterocycles. The van der Waals surface area contributed by atoms with E-state index in [9.17, 15) is 4.79 Å². The van der Waals surface area contributed by atoms with Crippen molar-refractivity contribution in [3.05, 3.63) is 53.6 Å². The van der Waals surface area contributed by atoms with Crippen molar-refractivity contribution in [2.45, 2.75) is 17.4 Å². The zero-order valence-electron chi connectivity index (χ0n) is 13.0. The second kappa shape index (κ2) is 8.31. The van der Waals surface area contributed by atoms with Crippen LogP contribution in [0.3, 0.4) is 0 Å². The average Bonchev–Trinajstić information content (AvgIpc) is 2.61. The molecule has 1 heterocycles. The standard InChI is InChI=1S/C18H18ClNO3S/c19-13-5-7-15(8-6-13)24-10-9-18(21)20-11-14-12-22-16-3-1-2-4-17(16)23-14/h1-8,14H,9-12H2,(H,20,21)/t14-/m0/s1. The average molecular weight is 364 g/mol. The fourth-order valence-electron chi connectivity index (χ4n) is 2.27. The zero-order valence-corrected chi connectivity index (χ0v) is 14.6. The maximum Gasteiger partial charge on any atom is 0.220 e. The minimum atomic E-state index is -0.159. The molecule has 0 saturated carbocycles.